The molecule has 1 saturated carbocycles. The molecular formula is C5H13N5-2. The summed E-state index contributed by atoms with van der Waals surface area (Å²) in [6.45, 7) is 0. The fourth-order valence-electron chi connectivity index (χ4n) is 1.02. The van der Waals surface area contributed by atoms with Crippen molar-refractivity contribution in [3.63, 3.8) is 0 Å². The molecule has 0 heterocycles. The van der Waals surface area contributed by atoms with Crippen molar-refractivity contribution < 1.29 is 0 Å². The molecule has 60 valence electrons. The summed E-state index contributed by atoms with van der Waals surface area (Å²) >= 11 is 0. The Bertz CT molecular complexity index is 119. The van der Waals surface area contributed by atoms with Gasteiger partial charge in [0.1, 0.15) is 0 Å². The molecule has 0 bridgehead atoms. The smallest absolute Gasteiger partial charge is 0.0525 e. The van der Waals surface area contributed by atoms with Crippen LogP contribution in [0.3, 0.4) is 0 Å². The Morgan fingerprint density at radius 3 is 2.20 bits per heavy atom. The zero-order valence-corrected chi connectivity index (χ0v) is 6.33. The fourth-order valence-corrected chi connectivity index (χ4v) is 1.02. The van der Waals surface area contributed by atoms with Crippen molar-refractivity contribution in [3.05, 3.63) is 11.3 Å². The summed E-state index contributed by atoms with van der Waals surface area (Å²) < 4.78 is 0. The van der Waals surface area contributed by atoms with Gasteiger partial charge in [0.25, 0.3) is 0 Å². The number of nitrogens with one attached hydrogen (secondary N) is 1. The molecule has 1 rings (SSSR count). The fraction of sp³-hybridized carbons (Fsp3) is 1.00. The lowest BCUT2D eigenvalue weighted by atomic mass is 10.5. The van der Waals surface area contributed by atoms with E-state index in [9.17, 15) is 0 Å². The summed E-state index contributed by atoms with van der Waals surface area (Å²) in [5.41, 5.74) is 3.50. The molecule has 10 heavy (non-hydrogen) atoms. The molecular weight excluding hydrogens is 130 g/mol. The van der Waals surface area contributed by atoms with E-state index in [4.69, 9.17) is 11.7 Å². The van der Waals surface area contributed by atoms with Crippen molar-refractivity contribution in [3.8, 4) is 0 Å². The number of nitrogens with two attached hydrogens (primary N) is 1. The minimum Gasteiger partial charge on any atom is -0.608 e. The standard InChI is InChI=1S/C5H13N5/c1-8-10(7)5(3-4-5)9(2)6/h6H,3-4,7H2,1-2H3/q-2. The molecule has 0 amide bonds. The number of hydrazine groups is 1. The topological polar surface area (TPSA) is 70.4 Å². The first kappa shape index (κ1) is 7.90. The molecule has 0 spiro atoms. The highest BCUT2D eigenvalue weighted by atomic mass is 15.8. The van der Waals surface area contributed by atoms with Crippen molar-refractivity contribution in [2.75, 3.05) is 14.1 Å². The zero-order chi connectivity index (χ0) is 7.78. The predicted octanol–water partition coefficient (Wildman–Crippen LogP) is 0.470. The third-order valence-electron chi connectivity index (χ3n) is 1.96. The van der Waals surface area contributed by atoms with Crippen LogP contribution in [-0.4, -0.2) is 29.9 Å². The number of rotatable bonds is 3. The van der Waals surface area contributed by atoms with Crippen molar-refractivity contribution in [2.24, 2.45) is 5.84 Å². The summed E-state index contributed by atoms with van der Waals surface area (Å²) in [7, 11) is 3.32. The second-order valence-electron chi connectivity index (χ2n) is 2.59. The molecule has 1 fully saturated rings. The van der Waals surface area contributed by atoms with Crippen LogP contribution in [0.5, 0.6) is 0 Å². The quantitative estimate of drug-likeness (QED) is 0.354. The lowest BCUT2D eigenvalue weighted by Gasteiger charge is -2.46. The maximum Gasteiger partial charge on any atom is 0.0525 e. The minimum atomic E-state index is -0.297. The van der Waals surface area contributed by atoms with Gasteiger partial charge in [-0.2, -0.15) is 7.05 Å². The van der Waals surface area contributed by atoms with Crippen LogP contribution >= 0.6 is 0 Å². The number of hydrogen-bond donors (Lipinski definition) is 1. The van der Waals surface area contributed by atoms with E-state index in [1.165, 1.54) is 10.1 Å². The Labute approximate surface area is 60.9 Å². The molecule has 0 aromatic rings. The average molecular weight is 143 g/mol. The largest absolute Gasteiger partial charge is 0.608 e. The lowest BCUT2D eigenvalue weighted by Crippen LogP contribution is -2.47. The Hall–Kier alpha value is -0.200. The van der Waals surface area contributed by atoms with E-state index in [0.717, 1.165) is 12.8 Å². The molecule has 3 N–H and O–H groups in total. The van der Waals surface area contributed by atoms with E-state index in [0.29, 0.717) is 0 Å². The molecule has 0 aromatic heterocycles. The Balaban J connectivity index is 2.51. The third kappa shape index (κ3) is 1.02. The van der Waals surface area contributed by atoms with Crippen LogP contribution in [0.2, 0.25) is 0 Å². The monoisotopic (exact) mass is 143 g/mol. The van der Waals surface area contributed by atoms with E-state index in [1.807, 2.05) is 0 Å². The zero-order valence-electron chi connectivity index (χ0n) is 6.33. The van der Waals surface area contributed by atoms with E-state index in [1.54, 1.807) is 14.1 Å². The van der Waals surface area contributed by atoms with Crippen molar-refractivity contribution in [2.45, 2.75) is 18.5 Å². The summed E-state index contributed by atoms with van der Waals surface area (Å²) in [5.74, 6) is 12.8. The molecule has 0 saturated heterocycles. The number of hydrogen-bond acceptors (Lipinski definition) is 3. The molecule has 0 atom stereocenters. The molecule has 0 aliphatic heterocycles. The van der Waals surface area contributed by atoms with Crippen LogP contribution < -0.4 is 5.84 Å². The van der Waals surface area contributed by atoms with Crippen LogP contribution in [0.25, 0.3) is 11.3 Å². The van der Waals surface area contributed by atoms with Gasteiger partial charge < -0.3 is 21.4 Å². The molecule has 0 aromatic carbocycles. The second-order valence-corrected chi connectivity index (χ2v) is 2.59. The molecule has 0 unspecified atom stereocenters. The van der Waals surface area contributed by atoms with Gasteiger partial charge in [-0.1, -0.05) is 0 Å². The molecule has 5 nitrogen and oxygen atoms in total. The number of nitrogens with zero attached hydrogens (tertiary/aromatic N) is 3. The lowest BCUT2D eigenvalue weighted by molar-refractivity contribution is 0.106. The van der Waals surface area contributed by atoms with Crippen molar-refractivity contribution >= 4 is 0 Å². The van der Waals surface area contributed by atoms with Gasteiger partial charge in [-0.15, -0.1) is 0 Å². The summed E-state index contributed by atoms with van der Waals surface area (Å²) in [6.07, 6.45) is 1.86. The van der Waals surface area contributed by atoms with Gasteiger partial charge in [0, 0.05) is 0 Å². The van der Waals surface area contributed by atoms with Crippen LogP contribution in [0.15, 0.2) is 0 Å². The van der Waals surface area contributed by atoms with Gasteiger partial charge in [0.2, 0.25) is 0 Å². The van der Waals surface area contributed by atoms with Crippen LogP contribution in [0.4, 0.5) is 0 Å². The predicted molar refractivity (Wildman–Crippen MR) is 39.4 cm³/mol. The first-order chi connectivity index (χ1) is 4.63. The Kier molecular flexibility index (Phi) is 1.93. The van der Waals surface area contributed by atoms with Crippen LogP contribution in [0, 0.1) is 0 Å². The highest BCUT2D eigenvalue weighted by Crippen LogP contribution is 2.43. The SMILES string of the molecule is C[N-]N(N)C1(N(C)[NH-])CC1. The summed E-state index contributed by atoms with van der Waals surface area (Å²) in [6, 6.07) is 0. The van der Waals surface area contributed by atoms with Gasteiger partial charge in [-0.05, 0) is 19.9 Å². The third-order valence-corrected chi connectivity index (χ3v) is 1.96. The molecule has 1 aliphatic carbocycles. The van der Waals surface area contributed by atoms with E-state index in [-0.39, 0.29) is 5.66 Å². The first-order valence-corrected chi connectivity index (χ1v) is 3.23. The first-order valence-electron chi connectivity index (χ1n) is 3.23. The van der Waals surface area contributed by atoms with Gasteiger partial charge >= 0.3 is 0 Å². The molecule has 0 radical (unpaired) electrons. The van der Waals surface area contributed by atoms with Crippen LogP contribution in [0.1, 0.15) is 12.8 Å². The average Bonchev–Trinajstić information content (AvgIpc) is 2.65. The Morgan fingerprint density at radius 1 is 1.60 bits per heavy atom. The van der Waals surface area contributed by atoms with E-state index in [2.05, 4.69) is 5.43 Å². The van der Waals surface area contributed by atoms with Gasteiger partial charge in [-0.25, -0.2) is 0 Å². The maximum absolute atomic E-state index is 7.33. The van der Waals surface area contributed by atoms with E-state index >= 15 is 0 Å². The molecule has 1 aliphatic rings. The van der Waals surface area contributed by atoms with Gasteiger partial charge in [0.15, 0.2) is 0 Å². The van der Waals surface area contributed by atoms with Crippen molar-refractivity contribution in [1.82, 2.24) is 10.1 Å². The highest BCUT2D eigenvalue weighted by molar-refractivity contribution is 5.02. The van der Waals surface area contributed by atoms with Crippen molar-refractivity contribution in [1.29, 1.82) is 0 Å². The van der Waals surface area contributed by atoms with Crippen LogP contribution in [-0.2, 0) is 0 Å². The molecule has 5 heteroatoms. The van der Waals surface area contributed by atoms with Gasteiger partial charge in [0.05, 0.1) is 5.66 Å². The van der Waals surface area contributed by atoms with Gasteiger partial charge in [-0.3, -0.25) is 5.84 Å². The highest BCUT2D eigenvalue weighted by Gasteiger charge is 2.42. The normalized spacial score (nSPS) is 22.2. The Morgan fingerprint density at radius 2 is 2.10 bits per heavy atom. The summed E-state index contributed by atoms with van der Waals surface area (Å²) in [5, 5.41) is 2.72. The van der Waals surface area contributed by atoms with E-state index < -0.39 is 0 Å². The second kappa shape index (κ2) is 2.44. The maximum atomic E-state index is 7.33. The summed E-state index contributed by atoms with van der Waals surface area (Å²) in [4.78, 5) is 0. The minimum absolute atomic E-state index is 0.297.